The highest BCUT2D eigenvalue weighted by Gasteiger charge is 2.21. The molecule has 2 aromatic heterocycles. The van der Waals surface area contributed by atoms with Crippen LogP contribution in [-0.2, 0) is 19.9 Å². The van der Waals surface area contributed by atoms with Crippen LogP contribution in [0.2, 0.25) is 0 Å². The van der Waals surface area contributed by atoms with Crippen molar-refractivity contribution in [3.63, 3.8) is 0 Å². The van der Waals surface area contributed by atoms with Gasteiger partial charge in [-0.3, -0.25) is 15.3 Å². The van der Waals surface area contributed by atoms with E-state index in [4.69, 9.17) is 10.1 Å². The van der Waals surface area contributed by atoms with Crippen LogP contribution in [0, 0.1) is 11.2 Å². The quantitative estimate of drug-likeness (QED) is 0.188. The fraction of sp³-hybridized carbons (Fsp3) is 0.292. The predicted molar refractivity (Wildman–Crippen MR) is 133 cm³/mol. The average molecular weight is 567 g/mol. The lowest BCUT2D eigenvalue weighted by Gasteiger charge is -2.21. The molecule has 2 heterocycles. The van der Waals surface area contributed by atoms with Crippen LogP contribution < -0.4 is 15.5 Å². The lowest BCUT2D eigenvalue weighted by atomic mass is 9.93. The zero-order valence-electron chi connectivity index (χ0n) is 19.8. The number of hydrogen-bond donors (Lipinski definition) is 4. The lowest BCUT2D eigenvalue weighted by Crippen LogP contribution is -2.16. The van der Waals surface area contributed by atoms with Gasteiger partial charge >= 0.3 is 0 Å². The standard InChI is InChI=1S/C24H26BrF3N6O2/c1-13(36-21-7-15(25)12-31-24(21)33-35)20-8-16(26)4-5-19(20)23(29)14(11-30-2)6-18-9-17(10-22(27)28)32-34(18)3/h4-5,7-9,11-13,22,29-30,35H,6,10H2,1-3H3,(H,31,33)/b14-11-,29-23?/t13-/m1/s1. The first-order valence-electron chi connectivity index (χ1n) is 10.9. The molecule has 3 rings (SSSR count). The number of aryl methyl sites for hydroxylation is 1. The van der Waals surface area contributed by atoms with Gasteiger partial charge in [0.25, 0.3) is 0 Å². The highest BCUT2D eigenvalue weighted by molar-refractivity contribution is 9.10. The van der Waals surface area contributed by atoms with E-state index in [-0.39, 0.29) is 29.4 Å². The van der Waals surface area contributed by atoms with Crippen LogP contribution in [0.1, 0.15) is 35.5 Å². The largest absolute Gasteiger partial charge is 0.482 e. The highest BCUT2D eigenvalue weighted by Crippen LogP contribution is 2.32. The van der Waals surface area contributed by atoms with Crippen molar-refractivity contribution in [2.24, 2.45) is 7.05 Å². The van der Waals surface area contributed by atoms with Crippen LogP contribution in [0.25, 0.3) is 0 Å². The van der Waals surface area contributed by atoms with Crippen LogP contribution in [0.4, 0.5) is 19.0 Å². The van der Waals surface area contributed by atoms with Crippen molar-refractivity contribution in [1.29, 1.82) is 5.41 Å². The molecule has 1 atom stereocenters. The first-order valence-corrected chi connectivity index (χ1v) is 11.7. The number of halogens is 4. The van der Waals surface area contributed by atoms with Gasteiger partial charge in [0.1, 0.15) is 11.9 Å². The molecule has 0 amide bonds. The van der Waals surface area contributed by atoms with Crippen LogP contribution in [0.5, 0.6) is 5.75 Å². The Bertz CT molecular complexity index is 1260. The summed E-state index contributed by atoms with van der Waals surface area (Å²) in [5, 5.41) is 25.3. The Hall–Kier alpha value is -3.38. The number of aromatic nitrogens is 3. The normalized spacial score (nSPS) is 12.5. The number of benzene rings is 1. The first kappa shape index (κ1) is 27.2. The Balaban J connectivity index is 1.93. The molecule has 12 heteroatoms. The summed E-state index contributed by atoms with van der Waals surface area (Å²) in [6, 6.07) is 7.21. The molecule has 8 nitrogen and oxygen atoms in total. The fourth-order valence-corrected chi connectivity index (χ4v) is 4.01. The Morgan fingerprint density at radius 1 is 1.31 bits per heavy atom. The van der Waals surface area contributed by atoms with Gasteiger partial charge in [-0.25, -0.2) is 23.6 Å². The topological polar surface area (TPSA) is 108 Å². The summed E-state index contributed by atoms with van der Waals surface area (Å²) in [6.45, 7) is 1.69. The molecule has 0 saturated carbocycles. The summed E-state index contributed by atoms with van der Waals surface area (Å²) in [5.41, 5.74) is 4.31. The van der Waals surface area contributed by atoms with Gasteiger partial charge in [0.2, 0.25) is 6.43 Å². The molecule has 0 aliphatic carbocycles. The minimum atomic E-state index is -2.51. The van der Waals surface area contributed by atoms with Crippen molar-refractivity contribution in [1.82, 2.24) is 20.1 Å². The van der Waals surface area contributed by atoms with E-state index in [9.17, 15) is 18.4 Å². The van der Waals surface area contributed by atoms with Gasteiger partial charge in [-0.05, 0) is 58.8 Å². The minimum Gasteiger partial charge on any atom is -0.482 e. The molecule has 3 aromatic rings. The van der Waals surface area contributed by atoms with E-state index in [2.05, 4.69) is 31.3 Å². The molecule has 0 bridgehead atoms. The Morgan fingerprint density at radius 2 is 2.06 bits per heavy atom. The second-order valence-electron chi connectivity index (χ2n) is 7.96. The van der Waals surface area contributed by atoms with Gasteiger partial charge < -0.3 is 10.1 Å². The van der Waals surface area contributed by atoms with Crippen molar-refractivity contribution in [2.75, 3.05) is 12.5 Å². The van der Waals surface area contributed by atoms with Crippen molar-refractivity contribution in [3.05, 3.63) is 81.1 Å². The third kappa shape index (κ3) is 6.64. The number of nitrogens with one attached hydrogen (secondary N) is 3. The predicted octanol–water partition coefficient (Wildman–Crippen LogP) is 5.18. The van der Waals surface area contributed by atoms with Gasteiger partial charge in [0, 0.05) is 54.2 Å². The number of rotatable bonds is 11. The zero-order chi connectivity index (χ0) is 26.4. The number of allylic oxidation sites excluding steroid dienone is 1. The molecular weight excluding hydrogens is 541 g/mol. The molecule has 0 fully saturated rings. The molecule has 0 saturated heterocycles. The second-order valence-corrected chi connectivity index (χ2v) is 8.88. The fourth-order valence-electron chi connectivity index (χ4n) is 3.69. The third-order valence-corrected chi connectivity index (χ3v) is 5.79. The number of anilines is 1. The Kier molecular flexibility index (Phi) is 9.10. The minimum absolute atomic E-state index is 0.0738. The molecule has 4 N–H and O–H groups in total. The van der Waals surface area contributed by atoms with Crippen LogP contribution >= 0.6 is 15.9 Å². The maximum atomic E-state index is 14.3. The summed E-state index contributed by atoms with van der Waals surface area (Å²) in [4.78, 5) is 4.02. The third-order valence-electron chi connectivity index (χ3n) is 5.35. The molecule has 0 radical (unpaired) electrons. The van der Waals surface area contributed by atoms with Crippen molar-refractivity contribution in [3.8, 4) is 5.75 Å². The number of ether oxygens (including phenoxy) is 1. The van der Waals surface area contributed by atoms with E-state index in [1.165, 1.54) is 29.1 Å². The Labute approximate surface area is 214 Å². The zero-order valence-corrected chi connectivity index (χ0v) is 21.4. The smallest absolute Gasteiger partial charge is 0.244 e. The van der Waals surface area contributed by atoms with Crippen LogP contribution in [0.15, 0.2) is 52.8 Å². The van der Waals surface area contributed by atoms with Gasteiger partial charge in [-0.15, -0.1) is 0 Å². The summed E-state index contributed by atoms with van der Waals surface area (Å²) >= 11 is 3.30. The summed E-state index contributed by atoms with van der Waals surface area (Å²) < 4.78 is 48.0. The monoisotopic (exact) mass is 566 g/mol. The highest BCUT2D eigenvalue weighted by atomic mass is 79.9. The van der Waals surface area contributed by atoms with Gasteiger partial charge in [0.15, 0.2) is 11.6 Å². The van der Waals surface area contributed by atoms with Crippen LogP contribution in [0.3, 0.4) is 0 Å². The van der Waals surface area contributed by atoms with E-state index in [1.54, 1.807) is 39.4 Å². The van der Waals surface area contributed by atoms with E-state index >= 15 is 0 Å². The average Bonchev–Trinajstić information content (AvgIpc) is 3.16. The number of nitrogens with zero attached hydrogens (tertiary/aromatic N) is 3. The lowest BCUT2D eigenvalue weighted by molar-refractivity contribution is 0.147. The molecule has 1 aromatic carbocycles. The molecular formula is C24H26BrF3N6O2. The SMILES string of the molecule is CN/C=C(/Cc1cc(CC(F)F)nn1C)C(=N)c1ccc(F)cc1[C@@H](C)Oc1cc(Br)cnc1NO. The maximum absolute atomic E-state index is 14.3. The summed E-state index contributed by atoms with van der Waals surface area (Å²) in [6.07, 6.45) is -0.366. The van der Waals surface area contributed by atoms with Gasteiger partial charge in [-0.1, -0.05) is 0 Å². The first-order chi connectivity index (χ1) is 17.1. The van der Waals surface area contributed by atoms with Crippen molar-refractivity contribution >= 4 is 27.5 Å². The number of pyridine rings is 1. The van der Waals surface area contributed by atoms with Gasteiger partial charge in [0.05, 0.1) is 17.8 Å². The van der Waals surface area contributed by atoms with Crippen LogP contribution in [-0.4, -0.2) is 39.2 Å². The van der Waals surface area contributed by atoms with Gasteiger partial charge in [-0.2, -0.15) is 5.10 Å². The second kappa shape index (κ2) is 12.0. The molecule has 0 unspecified atom stereocenters. The Morgan fingerprint density at radius 3 is 2.72 bits per heavy atom. The maximum Gasteiger partial charge on any atom is 0.244 e. The molecule has 0 aliphatic heterocycles. The van der Waals surface area contributed by atoms with E-state index in [0.29, 0.717) is 26.9 Å². The summed E-state index contributed by atoms with van der Waals surface area (Å²) in [5.74, 6) is -0.217. The van der Waals surface area contributed by atoms with E-state index in [1.807, 2.05) is 5.48 Å². The summed E-state index contributed by atoms with van der Waals surface area (Å²) in [7, 11) is 3.34. The van der Waals surface area contributed by atoms with E-state index in [0.717, 1.165) is 0 Å². The number of hydrogen-bond acceptors (Lipinski definition) is 7. The van der Waals surface area contributed by atoms with Crippen molar-refractivity contribution in [2.45, 2.75) is 32.3 Å². The number of alkyl halides is 2. The molecule has 0 aliphatic rings. The molecule has 36 heavy (non-hydrogen) atoms. The molecule has 192 valence electrons. The van der Waals surface area contributed by atoms with Crippen molar-refractivity contribution < 1.29 is 23.1 Å². The van der Waals surface area contributed by atoms with E-state index < -0.39 is 24.8 Å². The molecule has 0 spiro atoms.